The fourth-order valence-electron chi connectivity index (χ4n) is 6.61. The molecule has 3 saturated heterocycles. The number of aromatic carboxylic acids is 1. The van der Waals surface area contributed by atoms with Gasteiger partial charge in [0, 0.05) is 63.6 Å². The Hall–Kier alpha value is -4.21. The van der Waals surface area contributed by atoms with E-state index in [4.69, 9.17) is 4.74 Å². The summed E-state index contributed by atoms with van der Waals surface area (Å²) in [5.74, 6) is -0.986. The van der Waals surface area contributed by atoms with Crippen LogP contribution < -0.4 is 5.32 Å². The van der Waals surface area contributed by atoms with Gasteiger partial charge in [-0.1, -0.05) is 54.6 Å². The van der Waals surface area contributed by atoms with Crippen molar-refractivity contribution in [2.24, 2.45) is 0 Å². The molecule has 2 N–H and O–H groups in total. The second-order valence-corrected chi connectivity index (χ2v) is 12.1. The molecule has 44 heavy (non-hydrogen) atoms. The minimum absolute atomic E-state index is 0.0289. The molecule has 0 aliphatic carbocycles. The number of nitrogens with one attached hydrogen (secondary N) is 1. The average Bonchev–Trinajstić information content (AvgIpc) is 3.38. The summed E-state index contributed by atoms with van der Waals surface area (Å²) in [6, 6.07) is 25.2. The molecule has 3 fully saturated rings. The number of piperidine rings is 1. The molecule has 3 heterocycles. The number of likely N-dealkylation sites (tertiary alicyclic amines) is 1. The highest BCUT2D eigenvalue weighted by Crippen LogP contribution is 2.35. The number of carbonyl (C=O) groups is 3. The van der Waals surface area contributed by atoms with Gasteiger partial charge in [0.05, 0.1) is 11.6 Å². The molecule has 1 unspecified atom stereocenters. The number of hydrogen-bond donors (Lipinski definition) is 2. The van der Waals surface area contributed by atoms with E-state index in [1.165, 1.54) is 5.56 Å². The largest absolute Gasteiger partial charge is 0.478 e. The minimum Gasteiger partial charge on any atom is -0.478 e. The summed E-state index contributed by atoms with van der Waals surface area (Å²) in [6.45, 7) is 5.02. The zero-order valence-electron chi connectivity index (χ0n) is 24.9. The van der Waals surface area contributed by atoms with Gasteiger partial charge < -0.3 is 25.0 Å². The third-order valence-electron chi connectivity index (χ3n) is 9.11. The third-order valence-corrected chi connectivity index (χ3v) is 9.11. The first-order chi connectivity index (χ1) is 21.4. The van der Waals surface area contributed by atoms with Gasteiger partial charge >= 0.3 is 12.0 Å². The first kappa shape index (κ1) is 29.8. The van der Waals surface area contributed by atoms with Crippen LogP contribution in [0.15, 0.2) is 78.9 Å². The Balaban J connectivity index is 1.07. The Kier molecular flexibility index (Phi) is 9.23. The molecule has 3 aromatic rings. The number of carbonyl (C=O) groups excluding carboxylic acids is 2. The van der Waals surface area contributed by atoms with Gasteiger partial charge in [0.25, 0.3) is 5.91 Å². The van der Waals surface area contributed by atoms with Crippen molar-refractivity contribution in [1.82, 2.24) is 20.0 Å². The number of ether oxygens (including phenoxy) is 1. The van der Waals surface area contributed by atoms with Crippen LogP contribution in [0, 0.1) is 0 Å². The number of hydrogen-bond acceptors (Lipinski definition) is 5. The van der Waals surface area contributed by atoms with Crippen LogP contribution in [0.2, 0.25) is 0 Å². The van der Waals surface area contributed by atoms with Crippen LogP contribution in [0.1, 0.15) is 69.1 Å². The molecule has 9 nitrogen and oxygen atoms in total. The smallest absolute Gasteiger partial charge is 0.335 e. The van der Waals surface area contributed by atoms with Crippen molar-refractivity contribution in [3.05, 3.63) is 107 Å². The van der Waals surface area contributed by atoms with E-state index < -0.39 is 5.97 Å². The topological polar surface area (TPSA) is 102 Å². The summed E-state index contributed by atoms with van der Waals surface area (Å²) < 4.78 is 5.38. The first-order valence-corrected chi connectivity index (χ1v) is 15.6. The van der Waals surface area contributed by atoms with E-state index in [1.54, 1.807) is 24.3 Å². The van der Waals surface area contributed by atoms with E-state index in [1.807, 2.05) is 47.4 Å². The maximum atomic E-state index is 13.9. The van der Waals surface area contributed by atoms with Crippen LogP contribution in [-0.4, -0.2) is 82.6 Å². The highest BCUT2D eigenvalue weighted by molar-refractivity contribution is 5.94. The predicted octanol–water partition coefficient (Wildman–Crippen LogP) is 4.94. The van der Waals surface area contributed by atoms with Gasteiger partial charge in [0.15, 0.2) is 0 Å². The lowest BCUT2D eigenvalue weighted by Gasteiger charge is -2.39. The molecule has 0 spiro atoms. The molecule has 1 atom stereocenters. The molecule has 3 amide bonds. The lowest BCUT2D eigenvalue weighted by molar-refractivity contribution is 0.0688. The number of amides is 3. The van der Waals surface area contributed by atoms with Gasteiger partial charge in [-0.05, 0) is 66.6 Å². The molecule has 0 bridgehead atoms. The van der Waals surface area contributed by atoms with E-state index >= 15 is 0 Å². The molecule has 0 aromatic heterocycles. The van der Waals surface area contributed by atoms with Crippen molar-refractivity contribution in [2.75, 3.05) is 32.8 Å². The van der Waals surface area contributed by atoms with E-state index in [2.05, 4.69) is 27.2 Å². The number of carboxylic acids is 1. The van der Waals surface area contributed by atoms with Crippen molar-refractivity contribution in [2.45, 2.75) is 56.9 Å². The summed E-state index contributed by atoms with van der Waals surface area (Å²) in [4.78, 5) is 44.2. The fraction of sp³-hybridized carbons (Fsp3) is 0.400. The number of nitrogens with zero attached hydrogens (tertiary/aromatic N) is 3. The zero-order valence-corrected chi connectivity index (χ0v) is 24.9. The van der Waals surface area contributed by atoms with E-state index in [-0.39, 0.29) is 35.6 Å². The quantitative estimate of drug-likeness (QED) is 0.363. The molecule has 3 aliphatic rings. The van der Waals surface area contributed by atoms with Crippen LogP contribution in [0.3, 0.4) is 0 Å². The van der Waals surface area contributed by atoms with Crippen LogP contribution in [0.25, 0.3) is 0 Å². The van der Waals surface area contributed by atoms with E-state index in [0.717, 1.165) is 56.4 Å². The molecule has 0 radical (unpaired) electrons. The second-order valence-electron chi connectivity index (χ2n) is 12.1. The SMILES string of the molecule is O=C(O)c1ccc(CN2CC(c3ccccc3)N(C3CCN(Cc4ccc(C(=O)NC5CCOCC5)cc4)CC3)C2=O)cc1. The normalized spacial score (nSPS) is 20.2. The van der Waals surface area contributed by atoms with Crippen molar-refractivity contribution in [1.29, 1.82) is 0 Å². The van der Waals surface area contributed by atoms with Gasteiger partial charge in [-0.3, -0.25) is 9.69 Å². The van der Waals surface area contributed by atoms with E-state index in [9.17, 15) is 19.5 Å². The van der Waals surface area contributed by atoms with Crippen LogP contribution in [0.5, 0.6) is 0 Å². The lowest BCUT2D eigenvalue weighted by Crippen LogP contribution is -2.47. The van der Waals surface area contributed by atoms with Crippen molar-refractivity contribution < 1.29 is 24.2 Å². The van der Waals surface area contributed by atoms with Crippen LogP contribution in [0.4, 0.5) is 4.79 Å². The minimum atomic E-state index is -0.957. The van der Waals surface area contributed by atoms with Gasteiger partial charge in [-0.25, -0.2) is 9.59 Å². The second kappa shape index (κ2) is 13.6. The molecule has 3 aromatic carbocycles. The molecule has 230 valence electrons. The molecular formula is C35H40N4O5. The summed E-state index contributed by atoms with van der Waals surface area (Å²) in [5, 5.41) is 12.4. The number of urea groups is 1. The third kappa shape index (κ3) is 6.95. The highest BCUT2D eigenvalue weighted by Gasteiger charge is 2.42. The zero-order chi connectivity index (χ0) is 30.5. The van der Waals surface area contributed by atoms with Crippen molar-refractivity contribution >= 4 is 17.9 Å². The lowest BCUT2D eigenvalue weighted by atomic mass is 9.98. The van der Waals surface area contributed by atoms with Gasteiger partial charge in [-0.2, -0.15) is 0 Å². The molecule has 6 rings (SSSR count). The summed E-state index contributed by atoms with van der Waals surface area (Å²) in [7, 11) is 0. The van der Waals surface area contributed by atoms with Gasteiger partial charge in [-0.15, -0.1) is 0 Å². The number of carboxylic acid groups (broad SMARTS) is 1. The van der Waals surface area contributed by atoms with Gasteiger partial charge in [0.1, 0.15) is 0 Å². The van der Waals surface area contributed by atoms with Gasteiger partial charge in [0.2, 0.25) is 0 Å². The summed E-state index contributed by atoms with van der Waals surface area (Å²) in [6.07, 6.45) is 3.49. The van der Waals surface area contributed by atoms with Crippen LogP contribution >= 0.6 is 0 Å². The maximum Gasteiger partial charge on any atom is 0.335 e. The molecule has 0 saturated carbocycles. The monoisotopic (exact) mass is 596 g/mol. The van der Waals surface area contributed by atoms with Crippen LogP contribution in [-0.2, 0) is 17.8 Å². The predicted molar refractivity (Wildman–Crippen MR) is 166 cm³/mol. The summed E-state index contributed by atoms with van der Waals surface area (Å²) >= 11 is 0. The Bertz CT molecular complexity index is 1430. The molecule has 3 aliphatic heterocycles. The maximum absolute atomic E-state index is 13.9. The Morgan fingerprint density at radius 1 is 0.795 bits per heavy atom. The molecule has 9 heteroatoms. The standard InChI is InChI=1S/C35H40N4O5/c40-33(36-30-16-20-44-21-17-30)28-10-6-25(7-11-28)22-37-18-14-31(15-19-37)39-32(27-4-2-1-3-5-27)24-38(35(39)43)23-26-8-12-29(13-9-26)34(41)42/h1-13,30-32H,14-24H2,(H,36,40)(H,41,42). The average molecular weight is 597 g/mol. The summed E-state index contributed by atoms with van der Waals surface area (Å²) in [5.41, 5.74) is 4.14. The first-order valence-electron chi connectivity index (χ1n) is 15.6. The Morgan fingerprint density at radius 3 is 2.05 bits per heavy atom. The molecular weight excluding hydrogens is 556 g/mol. The number of benzene rings is 3. The number of rotatable bonds is 9. The highest BCUT2D eigenvalue weighted by atomic mass is 16.5. The Labute approximate surface area is 258 Å². The van der Waals surface area contributed by atoms with Crippen molar-refractivity contribution in [3.8, 4) is 0 Å². The fourth-order valence-corrected chi connectivity index (χ4v) is 6.61. The van der Waals surface area contributed by atoms with Crippen molar-refractivity contribution in [3.63, 3.8) is 0 Å². The Morgan fingerprint density at radius 2 is 1.41 bits per heavy atom. The van der Waals surface area contributed by atoms with E-state index in [0.29, 0.717) is 31.9 Å².